The highest BCUT2D eigenvalue weighted by Gasteiger charge is 2.01. The Morgan fingerprint density at radius 2 is 2.21 bits per heavy atom. The highest BCUT2D eigenvalue weighted by molar-refractivity contribution is 6.25. The van der Waals surface area contributed by atoms with E-state index in [-0.39, 0.29) is 0 Å². The molecule has 1 nitrogen and oxygen atoms in total. The monoisotopic (exact) mass is 209 g/mol. The molecule has 76 valence electrons. The molecule has 0 atom stereocenters. The molecule has 0 aliphatic heterocycles. The Morgan fingerprint density at radius 1 is 1.43 bits per heavy atom. The summed E-state index contributed by atoms with van der Waals surface area (Å²) in [7, 11) is 0. The number of rotatable bonds is 4. The standard InChI is InChI=1S/C12H16ClN/c1-3-11-7-4-6-10(2)12(11)14-9-5-8-13/h4-8,14H,3,9H2,1-2H3/b8-5+. The molecule has 14 heavy (non-hydrogen) atoms. The maximum atomic E-state index is 5.46. The highest BCUT2D eigenvalue weighted by Crippen LogP contribution is 2.20. The second kappa shape index (κ2) is 5.71. The molecule has 0 aliphatic carbocycles. The fourth-order valence-electron chi connectivity index (χ4n) is 1.48. The maximum absolute atomic E-state index is 5.46. The zero-order valence-electron chi connectivity index (χ0n) is 8.68. The first-order valence-corrected chi connectivity index (χ1v) is 5.30. The third-order valence-electron chi connectivity index (χ3n) is 2.23. The molecule has 1 aromatic carbocycles. The number of benzene rings is 1. The minimum absolute atomic E-state index is 0.779. The van der Waals surface area contributed by atoms with Gasteiger partial charge in [-0.3, -0.25) is 0 Å². The van der Waals surface area contributed by atoms with E-state index in [4.69, 9.17) is 11.6 Å². The van der Waals surface area contributed by atoms with Gasteiger partial charge in [0.05, 0.1) is 0 Å². The lowest BCUT2D eigenvalue weighted by Crippen LogP contribution is -2.03. The number of halogens is 1. The van der Waals surface area contributed by atoms with E-state index in [1.807, 2.05) is 6.08 Å². The Morgan fingerprint density at radius 3 is 2.86 bits per heavy atom. The van der Waals surface area contributed by atoms with Crippen LogP contribution in [0.4, 0.5) is 5.69 Å². The largest absolute Gasteiger partial charge is 0.381 e. The molecule has 0 spiro atoms. The van der Waals surface area contributed by atoms with E-state index in [1.165, 1.54) is 22.3 Å². The van der Waals surface area contributed by atoms with Crippen molar-refractivity contribution in [1.82, 2.24) is 0 Å². The highest BCUT2D eigenvalue weighted by atomic mass is 35.5. The predicted octanol–water partition coefficient (Wildman–Crippen LogP) is 3.72. The van der Waals surface area contributed by atoms with Gasteiger partial charge in [-0.05, 0) is 24.5 Å². The summed E-state index contributed by atoms with van der Waals surface area (Å²) in [5.74, 6) is 0. The summed E-state index contributed by atoms with van der Waals surface area (Å²) >= 11 is 5.46. The van der Waals surface area contributed by atoms with Crippen LogP contribution in [-0.2, 0) is 6.42 Å². The van der Waals surface area contributed by atoms with Crippen molar-refractivity contribution in [3.8, 4) is 0 Å². The molecule has 0 aromatic heterocycles. The minimum Gasteiger partial charge on any atom is -0.381 e. The molecule has 1 N–H and O–H groups in total. The van der Waals surface area contributed by atoms with Crippen molar-refractivity contribution in [2.24, 2.45) is 0 Å². The molecule has 1 aromatic rings. The Kier molecular flexibility index (Phi) is 4.54. The Hall–Kier alpha value is -0.950. The molecular formula is C12H16ClN. The van der Waals surface area contributed by atoms with Crippen LogP contribution in [0.25, 0.3) is 0 Å². The van der Waals surface area contributed by atoms with Crippen molar-refractivity contribution in [2.45, 2.75) is 20.3 Å². The molecule has 0 radical (unpaired) electrons. The fourth-order valence-corrected chi connectivity index (χ4v) is 1.57. The Bertz CT molecular complexity index is 318. The lowest BCUT2D eigenvalue weighted by atomic mass is 10.1. The molecule has 2 heteroatoms. The molecule has 0 heterocycles. The molecular weight excluding hydrogens is 194 g/mol. The lowest BCUT2D eigenvalue weighted by molar-refractivity contribution is 1.12. The van der Waals surface area contributed by atoms with Gasteiger partial charge in [-0.25, -0.2) is 0 Å². The molecule has 0 fully saturated rings. The SMILES string of the molecule is CCc1cccc(C)c1NC/C=C/Cl. The summed E-state index contributed by atoms with van der Waals surface area (Å²) in [6, 6.07) is 6.36. The number of hydrogen-bond donors (Lipinski definition) is 1. The van der Waals surface area contributed by atoms with Gasteiger partial charge in [-0.2, -0.15) is 0 Å². The molecule has 0 bridgehead atoms. The minimum atomic E-state index is 0.779. The van der Waals surface area contributed by atoms with Crippen LogP contribution in [-0.4, -0.2) is 6.54 Å². The van der Waals surface area contributed by atoms with Gasteiger partial charge in [0, 0.05) is 17.8 Å². The van der Waals surface area contributed by atoms with Gasteiger partial charge in [-0.15, -0.1) is 0 Å². The van der Waals surface area contributed by atoms with Gasteiger partial charge in [0.15, 0.2) is 0 Å². The van der Waals surface area contributed by atoms with E-state index in [2.05, 4.69) is 37.4 Å². The first-order chi connectivity index (χ1) is 6.79. The van der Waals surface area contributed by atoms with E-state index in [1.54, 1.807) is 0 Å². The number of nitrogens with one attached hydrogen (secondary N) is 1. The summed E-state index contributed by atoms with van der Waals surface area (Å²) in [6.45, 7) is 5.06. The van der Waals surface area contributed by atoms with Gasteiger partial charge in [-0.1, -0.05) is 42.8 Å². The summed E-state index contributed by atoms with van der Waals surface area (Å²) < 4.78 is 0. The van der Waals surface area contributed by atoms with Gasteiger partial charge in [0.1, 0.15) is 0 Å². The molecule has 0 amide bonds. The van der Waals surface area contributed by atoms with Crippen LogP contribution in [0.3, 0.4) is 0 Å². The summed E-state index contributed by atoms with van der Waals surface area (Å²) in [4.78, 5) is 0. The molecule has 0 aliphatic rings. The van der Waals surface area contributed by atoms with Crippen LogP contribution in [0.15, 0.2) is 29.8 Å². The molecule has 1 rings (SSSR count). The van der Waals surface area contributed by atoms with Crippen molar-refractivity contribution in [3.05, 3.63) is 40.9 Å². The predicted molar refractivity (Wildman–Crippen MR) is 64.0 cm³/mol. The maximum Gasteiger partial charge on any atom is 0.0404 e. The van der Waals surface area contributed by atoms with E-state index in [9.17, 15) is 0 Å². The van der Waals surface area contributed by atoms with Crippen molar-refractivity contribution < 1.29 is 0 Å². The molecule has 0 unspecified atom stereocenters. The van der Waals surface area contributed by atoms with Crippen molar-refractivity contribution in [1.29, 1.82) is 0 Å². The van der Waals surface area contributed by atoms with Crippen LogP contribution in [0.1, 0.15) is 18.1 Å². The quantitative estimate of drug-likeness (QED) is 0.797. The van der Waals surface area contributed by atoms with Crippen molar-refractivity contribution in [2.75, 3.05) is 11.9 Å². The van der Waals surface area contributed by atoms with E-state index >= 15 is 0 Å². The summed E-state index contributed by atoms with van der Waals surface area (Å²) in [5.41, 5.74) is 5.42. The smallest absolute Gasteiger partial charge is 0.0404 e. The van der Waals surface area contributed by atoms with Crippen LogP contribution < -0.4 is 5.32 Å². The fraction of sp³-hybridized carbons (Fsp3) is 0.333. The van der Waals surface area contributed by atoms with E-state index in [0.717, 1.165) is 13.0 Å². The first-order valence-electron chi connectivity index (χ1n) is 4.87. The Labute approximate surface area is 90.8 Å². The van der Waals surface area contributed by atoms with Crippen LogP contribution in [0.2, 0.25) is 0 Å². The van der Waals surface area contributed by atoms with E-state index < -0.39 is 0 Å². The third-order valence-corrected chi connectivity index (χ3v) is 2.40. The van der Waals surface area contributed by atoms with Crippen molar-refractivity contribution >= 4 is 17.3 Å². The Balaban J connectivity index is 2.82. The topological polar surface area (TPSA) is 12.0 Å². The normalized spacial score (nSPS) is 10.8. The van der Waals surface area contributed by atoms with Crippen LogP contribution >= 0.6 is 11.6 Å². The summed E-state index contributed by atoms with van der Waals surface area (Å²) in [6.07, 6.45) is 2.95. The third kappa shape index (κ3) is 2.78. The lowest BCUT2D eigenvalue weighted by Gasteiger charge is -2.12. The average molecular weight is 210 g/mol. The second-order valence-electron chi connectivity index (χ2n) is 3.21. The van der Waals surface area contributed by atoms with Gasteiger partial charge in [0.25, 0.3) is 0 Å². The van der Waals surface area contributed by atoms with Crippen LogP contribution in [0.5, 0.6) is 0 Å². The van der Waals surface area contributed by atoms with E-state index in [0.29, 0.717) is 0 Å². The molecule has 0 saturated carbocycles. The zero-order chi connectivity index (χ0) is 10.4. The number of hydrogen-bond acceptors (Lipinski definition) is 1. The second-order valence-corrected chi connectivity index (χ2v) is 3.46. The number of para-hydroxylation sites is 1. The zero-order valence-corrected chi connectivity index (χ0v) is 9.43. The van der Waals surface area contributed by atoms with Gasteiger partial charge >= 0.3 is 0 Å². The summed E-state index contributed by atoms with van der Waals surface area (Å²) in [5, 5.41) is 3.36. The van der Waals surface area contributed by atoms with Gasteiger partial charge in [0.2, 0.25) is 0 Å². The van der Waals surface area contributed by atoms with Crippen molar-refractivity contribution in [3.63, 3.8) is 0 Å². The van der Waals surface area contributed by atoms with Gasteiger partial charge < -0.3 is 5.32 Å². The molecule has 0 saturated heterocycles. The number of anilines is 1. The number of aryl methyl sites for hydroxylation is 2. The first kappa shape index (κ1) is 11.1. The van der Waals surface area contributed by atoms with Crippen LogP contribution in [0, 0.1) is 6.92 Å². The average Bonchev–Trinajstić information content (AvgIpc) is 2.20.